The fourth-order valence-electron chi connectivity index (χ4n) is 1.76. The Balaban J connectivity index is 2.33. The lowest BCUT2D eigenvalue weighted by molar-refractivity contribution is 0.100. The monoisotopic (exact) mass is 271 g/mol. The second kappa shape index (κ2) is 6.06. The van der Waals surface area contributed by atoms with Crippen LogP contribution in [0.3, 0.4) is 0 Å². The van der Waals surface area contributed by atoms with Gasteiger partial charge in [-0.25, -0.2) is 4.98 Å². The molecule has 2 rings (SSSR count). The van der Waals surface area contributed by atoms with Gasteiger partial charge in [-0.05, 0) is 38.1 Å². The fourth-order valence-corrected chi connectivity index (χ4v) is 1.76. The smallest absolute Gasteiger partial charge is 0.252 e. The van der Waals surface area contributed by atoms with Crippen molar-refractivity contribution in [3.05, 3.63) is 48.2 Å². The van der Waals surface area contributed by atoms with E-state index in [0.717, 1.165) is 5.69 Å². The third-order valence-electron chi connectivity index (χ3n) is 2.58. The molecule has 0 radical (unpaired) electrons. The van der Waals surface area contributed by atoms with Gasteiger partial charge in [-0.15, -0.1) is 0 Å². The Morgan fingerprint density at radius 1 is 1.25 bits per heavy atom. The summed E-state index contributed by atoms with van der Waals surface area (Å²) in [6.07, 6.45) is 1.65. The SMILES string of the molecule is CC(C)Oc1ccccc1Nc1ncccc1C(N)=O. The maximum atomic E-state index is 11.4. The van der Waals surface area contributed by atoms with Gasteiger partial charge in [0.2, 0.25) is 0 Å². The summed E-state index contributed by atoms with van der Waals surface area (Å²) in [6, 6.07) is 10.8. The molecule has 0 aliphatic heterocycles. The number of amides is 1. The van der Waals surface area contributed by atoms with Crippen molar-refractivity contribution in [3.8, 4) is 5.75 Å². The van der Waals surface area contributed by atoms with E-state index in [9.17, 15) is 4.79 Å². The van der Waals surface area contributed by atoms with Gasteiger partial charge in [-0.2, -0.15) is 0 Å². The molecule has 0 unspecified atom stereocenters. The minimum atomic E-state index is -0.525. The summed E-state index contributed by atoms with van der Waals surface area (Å²) in [5, 5.41) is 3.09. The Bertz CT molecular complexity index is 612. The summed E-state index contributed by atoms with van der Waals surface area (Å²) in [6.45, 7) is 3.90. The first kappa shape index (κ1) is 13.9. The van der Waals surface area contributed by atoms with Crippen molar-refractivity contribution in [2.75, 3.05) is 5.32 Å². The molecule has 104 valence electrons. The van der Waals surface area contributed by atoms with E-state index in [0.29, 0.717) is 17.1 Å². The van der Waals surface area contributed by atoms with Gasteiger partial charge in [-0.3, -0.25) is 4.79 Å². The Kier molecular flexibility index (Phi) is 4.20. The molecule has 20 heavy (non-hydrogen) atoms. The molecule has 1 amide bonds. The highest BCUT2D eigenvalue weighted by Gasteiger charge is 2.11. The Labute approximate surface area is 117 Å². The molecule has 1 aromatic carbocycles. The molecule has 0 spiro atoms. The molecule has 0 aliphatic rings. The predicted octanol–water partition coefficient (Wildman–Crippen LogP) is 2.71. The number of hydrogen-bond donors (Lipinski definition) is 2. The molecule has 1 aromatic heterocycles. The van der Waals surface area contributed by atoms with E-state index < -0.39 is 5.91 Å². The zero-order valence-electron chi connectivity index (χ0n) is 11.5. The molecule has 5 nitrogen and oxygen atoms in total. The van der Waals surface area contributed by atoms with Crippen LogP contribution in [0.15, 0.2) is 42.6 Å². The normalized spacial score (nSPS) is 10.3. The predicted molar refractivity (Wildman–Crippen MR) is 78.2 cm³/mol. The van der Waals surface area contributed by atoms with Gasteiger partial charge in [0, 0.05) is 6.20 Å². The number of ether oxygens (including phenoxy) is 1. The molecular formula is C15H17N3O2. The Morgan fingerprint density at radius 3 is 2.70 bits per heavy atom. The van der Waals surface area contributed by atoms with Crippen molar-refractivity contribution in [2.24, 2.45) is 5.73 Å². The number of carbonyl (C=O) groups is 1. The van der Waals surface area contributed by atoms with Crippen molar-refractivity contribution in [1.29, 1.82) is 0 Å². The third-order valence-corrected chi connectivity index (χ3v) is 2.58. The molecule has 0 aliphatic carbocycles. The van der Waals surface area contributed by atoms with E-state index in [1.807, 2.05) is 38.1 Å². The topological polar surface area (TPSA) is 77.2 Å². The maximum absolute atomic E-state index is 11.4. The second-order valence-corrected chi connectivity index (χ2v) is 4.55. The molecule has 5 heteroatoms. The zero-order valence-corrected chi connectivity index (χ0v) is 11.5. The van der Waals surface area contributed by atoms with Gasteiger partial charge in [-0.1, -0.05) is 12.1 Å². The number of pyridine rings is 1. The number of carbonyl (C=O) groups excluding carboxylic acids is 1. The lowest BCUT2D eigenvalue weighted by atomic mass is 10.2. The summed E-state index contributed by atoms with van der Waals surface area (Å²) in [5.41, 5.74) is 6.41. The van der Waals surface area contributed by atoms with E-state index in [1.54, 1.807) is 18.3 Å². The highest BCUT2D eigenvalue weighted by atomic mass is 16.5. The number of nitrogens with two attached hydrogens (primary N) is 1. The summed E-state index contributed by atoms with van der Waals surface area (Å²) in [4.78, 5) is 15.5. The van der Waals surface area contributed by atoms with Gasteiger partial charge in [0.1, 0.15) is 11.6 Å². The van der Waals surface area contributed by atoms with Crippen LogP contribution in [0.2, 0.25) is 0 Å². The molecular weight excluding hydrogens is 254 g/mol. The number of nitrogens with one attached hydrogen (secondary N) is 1. The van der Waals surface area contributed by atoms with E-state index >= 15 is 0 Å². The third kappa shape index (κ3) is 3.26. The number of hydrogen-bond acceptors (Lipinski definition) is 4. The van der Waals surface area contributed by atoms with Crippen molar-refractivity contribution >= 4 is 17.4 Å². The first-order valence-electron chi connectivity index (χ1n) is 6.35. The number of anilines is 2. The first-order valence-corrected chi connectivity index (χ1v) is 6.35. The summed E-state index contributed by atoms with van der Waals surface area (Å²) >= 11 is 0. The van der Waals surface area contributed by atoms with Gasteiger partial charge >= 0.3 is 0 Å². The average Bonchev–Trinajstić information content (AvgIpc) is 2.41. The highest BCUT2D eigenvalue weighted by molar-refractivity contribution is 5.98. The lowest BCUT2D eigenvalue weighted by Crippen LogP contribution is -2.14. The summed E-state index contributed by atoms with van der Waals surface area (Å²) in [5.74, 6) is 0.589. The van der Waals surface area contributed by atoms with E-state index in [-0.39, 0.29) is 6.10 Å². The van der Waals surface area contributed by atoms with Crippen LogP contribution in [0, 0.1) is 0 Å². The molecule has 1 heterocycles. The number of rotatable bonds is 5. The van der Waals surface area contributed by atoms with Crippen LogP contribution >= 0.6 is 0 Å². The van der Waals surface area contributed by atoms with Crippen molar-refractivity contribution in [3.63, 3.8) is 0 Å². The maximum Gasteiger partial charge on any atom is 0.252 e. The molecule has 2 aromatic rings. The summed E-state index contributed by atoms with van der Waals surface area (Å²) < 4.78 is 5.71. The largest absolute Gasteiger partial charge is 0.489 e. The lowest BCUT2D eigenvalue weighted by Gasteiger charge is -2.15. The standard InChI is InChI=1S/C15H17N3O2/c1-10(2)20-13-8-4-3-7-12(13)18-15-11(14(16)19)6-5-9-17-15/h3-10H,1-2H3,(H2,16,19)(H,17,18). The highest BCUT2D eigenvalue weighted by Crippen LogP contribution is 2.28. The van der Waals surface area contributed by atoms with Crippen molar-refractivity contribution < 1.29 is 9.53 Å². The van der Waals surface area contributed by atoms with Crippen LogP contribution in [0.4, 0.5) is 11.5 Å². The van der Waals surface area contributed by atoms with Crippen molar-refractivity contribution in [1.82, 2.24) is 4.98 Å². The minimum Gasteiger partial charge on any atom is -0.489 e. The van der Waals surface area contributed by atoms with Crippen molar-refractivity contribution in [2.45, 2.75) is 20.0 Å². The van der Waals surface area contributed by atoms with E-state index in [1.165, 1.54) is 0 Å². The van der Waals surface area contributed by atoms with Gasteiger partial charge in [0.05, 0.1) is 17.4 Å². The number of nitrogens with zero attached hydrogens (tertiary/aromatic N) is 1. The number of para-hydroxylation sites is 2. The van der Waals surface area contributed by atoms with Gasteiger partial charge < -0.3 is 15.8 Å². The van der Waals surface area contributed by atoms with Crippen LogP contribution < -0.4 is 15.8 Å². The van der Waals surface area contributed by atoms with Crippen LogP contribution in [0.25, 0.3) is 0 Å². The van der Waals surface area contributed by atoms with Crippen LogP contribution in [0.5, 0.6) is 5.75 Å². The molecule has 3 N–H and O–H groups in total. The summed E-state index contributed by atoms with van der Waals surface area (Å²) in [7, 11) is 0. The molecule has 0 bridgehead atoms. The molecule has 0 saturated heterocycles. The second-order valence-electron chi connectivity index (χ2n) is 4.55. The van der Waals surface area contributed by atoms with Crippen LogP contribution in [-0.4, -0.2) is 17.0 Å². The van der Waals surface area contributed by atoms with Gasteiger partial charge in [0.15, 0.2) is 0 Å². The van der Waals surface area contributed by atoms with Gasteiger partial charge in [0.25, 0.3) is 5.91 Å². The molecule has 0 atom stereocenters. The number of benzene rings is 1. The average molecular weight is 271 g/mol. The van der Waals surface area contributed by atoms with E-state index in [2.05, 4.69) is 10.3 Å². The molecule has 0 fully saturated rings. The molecule has 0 saturated carbocycles. The zero-order chi connectivity index (χ0) is 14.5. The fraction of sp³-hybridized carbons (Fsp3) is 0.200. The van der Waals surface area contributed by atoms with Crippen LogP contribution in [-0.2, 0) is 0 Å². The minimum absolute atomic E-state index is 0.0530. The van der Waals surface area contributed by atoms with Crippen LogP contribution in [0.1, 0.15) is 24.2 Å². The first-order chi connectivity index (χ1) is 9.58. The Morgan fingerprint density at radius 2 is 2.00 bits per heavy atom. The number of aromatic nitrogens is 1. The number of primary amides is 1. The quantitative estimate of drug-likeness (QED) is 0.876. The Hall–Kier alpha value is -2.56. The van der Waals surface area contributed by atoms with E-state index in [4.69, 9.17) is 10.5 Å².